The Hall–Kier alpha value is -2.68. The summed E-state index contributed by atoms with van der Waals surface area (Å²) in [7, 11) is 0. The lowest BCUT2D eigenvalue weighted by Gasteiger charge is -2.13. The highest BCUT2D eigenvalue weighted by Crippen LogP contribution is 2.25. The number of nitrogens with one attached hydrogen (secondary N) is 1. The van der Waals surface area contributed by atoms with Crippen molar-refractivity contribution in [2.75, 3.05) is 5.01 Å². The van der Waals surface area contributed by atoms with E-state index in [4.69, 9.17) is 4.74 Å². The van der Waals surface area contributed by atoms with E-state index in [1.54, 1.807) is 42.5 Å². The van der Waals surface area contributed by atoms with E-state index in [2.05, 4.69) is 5.43 Å². The number of carbonyl (C=O) groups is 3. The average Bonchev–Trinajstić information content (AvgIpc) is 2.86. The van der Waals surface area contributed by atoms with Gasteiger partial charge in [-0.1, -0.05) is 24.3 Å². The predicted molar refractivity (Wildman–Crippen MR) is 101 cm³/mol. The molecule has 1 fully saturated rings. The second kappa shape index (κ2) is 7.06. The van der Waals surface area contributed by atoms with E-state index in [1.165, 1.54) is 18.0 Å². The molecule has 2 amide bonds. The number of ether oxygens (including phenoxy) is 1. The maximum Gasteiger partial charge on any atom is 0.308 e. The second-order valence-corrected chi connectivity index (χ2v) is 6.42. The molecule has 1 aliphatic rings. The Morgan fingerprint density at radius 2 is 1.88 bits per heavy atom. The summed E-state index contributed by atoms with van der Waals surface area (Å²) in [6.45, 7) is 1.33. The molecule has 1 heterocycles. The topological polar surface area (TPSA) is 75.7 Å². The highest BCUT2D eigenvalue weighted by atomic mass is 127. The van der Waals surface area contributed by atoms with Crippen LogP contribution in [0.5, 0.6) is 5.75 Å². The molecule has 2 aromatic carbocycles. The van der Waals surface area contributed by atoms with Crippen molar-refractivity contribution in [1.82, 2.24) is 5.43 Å². The van der Waals surface area contributed by atoms with Crippen molar-refractivity contribution < 1.29 is 19.1 Å². The maximum atomic E-state index is 12.5. The fraction of sp³-hybridized carbons (Fsp3) is 0.0556. The number of hydrogen-bond donors (Lipinski definition) is 1. The monoisotopic (exact) mass is 448 g/mol. The van der Waals surface area contributed by atoms with Gasteiger partial charge in [0.05, 0.1) is 9.26 Å². The molecule has 2 aromatic rings. The van der Waals surface area contributed by atoms with Gasteiger partial charge in [0.2, 0.25) is 0 Å². The third-order valence-corrected chi connectivity index (χ3v) is 4.27. The van der Waals surface area contributed by atoms with Crippen LogP contribution >= 0.6 is 22.6 Å². The fourth-order valence-electron chi connectivity index (χ4n) is 2.33. The summed E-state index contributed by atoms with van der Waals surface area (Å²) in [5.41, 5.74) is 3.84. The fourth-order valence-corrected chi connectivity index (χ4v) is 2.98. The molecular formula is C18H13IN2O4. The van der Waals surface area contributed by atoms with E-state index in [0.717, 1.165) is 0 Å². The van der Waals surface area contributed by atoms with E-state index < -0.39 is 17.8 Å². The van der Waals surface area contributed by atoms with Gasteiger partial charge < -0.3 is 4.74 Å². The first-order valence-corrected chi connectivity index (χ1v) is 8.44. The van der Waals surface area contributed by atoms with Gasteiger partial charge in [-0.3, -0.25) is 19.8 Å². The lowest BCUT2D eigenvalue weighted by Crippen LogP contribution is -2.35. The van der Waals surface area contributed by atoms with E-state index >= 15 is 0 Å². The van der Waals surface area contributed by atoms with Crippen molar-refractivity contribution in [3.8, 4) is 5.75 Å². The maximum absolute atomic E-state index is 12.5. The van der Waals surface area contributed by atoms with Crippen molar-refractivity contribution >= 4 is 52.1 Å². The summed E-state index contributed by atoms with van der Waals surface area (Å²) in [6.07, 6.45) is 1.51. The average molecular weight is 448 g/mol. The highest BCUT2D eigenvalue weighted by Gasteiger charge is 2.34. The van der Waals surface area contributed by atoms with Crippen LogP contribution in [0.4, 0.5) is 5.69 Å². The number of benzene rings is 2. The van der Waals surface area contributed by atoms with Crippen LogP contribution in [-0.2, 0) is 14.4 Å². The van der Waals surface area contributed by atoms with Crippen molar-refractivity contribution in [3.05, 3.63) is 63.2 Å². The summed E-state index contributed by atoms with van der Waals surface area (Å²) in [6, 6.07) is 13.9. The lowest BCUT2D eigenvalue weighted by atomic mass is 10.1. The smallest absolute Gasteiger partial charge is 0.308 e. The molecular weight excluding hydrogens is 435 g/mol. The zero-order chi connectivity index (χ0) is 18.0. The van der Waals surface area contributed by atoms with Crippen LogP contribution in [0.3, 0.4) is 0 Å². The van der Waals surface area contributed by atoms with Crippen LogP contribution in [0.1, 0.15) is 12.5 Å². The number of carbonyl (C=O) groups excluding carboxylic acids is 3. The summed E-state index contributed by atoms with van der Waals surface area (Å²) in [5.74, 6) is -0.862. The van der Waals surface area contributed by atoms with E-state index in [1.807, 2.05) is 28.7 Å². The Morgan fingerprint density at radius 1 is 1.16 bits per heavy atom. The minimum atomic E-state index is -0.465. The number of rotatable bonds is 3. The van der Waals surface area contributed by atoms with Gasteiger partial charge in [-0.05, 0) is 58.5 Å². The number of hydrazine groups is 1. The first-order chi connectivity index (χ1) is 12.0. The predicted octanol–water partition coefficient (Wildman–Crippen LogP) is 2.68. The standard InChI is InChI=1S/C18H13IN2O4/c1-11(22)25-16-8-7-12(10-15(16)19)9-14-17(23)20-21(18(14)24)13-5-3-2-4-6-13/h2-10H,1H3,(H,20,23). The summed E-state index contributed by atoms with van der Waals surface area (Å²) < 4.78 is 5.77. The third kappa shape index (κ3) is 3.71. The minimum absolute atomic E-state index is 0.0416. The SMILES string of the molecule is CC(=O)Oc1ccc(C=C2C(=O)NN(c3ccccc3)C2=O)cc1I. The molecule has 6 nitrogen and oxygen atoms in total. The van der Waals surface area contributed by atoms with Crippen LogP contribution in [0, 0.1) is 3.57 Å². The van der Waals surface area contributed by atoms with Gasteiger partial charge in [-0.2, -0.15) is 0 Å². The number of esters is 1. The van der Waals surface area contributed by atoms with E-state index in [0.29, 0.717) is 20.6 Å². The molecule has 7 heteroatoms. The van der Waals surface area contributed by atoms with E-state index in [-0.39, 0.29) is 5.57 Å². The normalized spacial score (nSPS) is 15.4. The molecule has 0 spiro atoms. The van der Waals surface area contributed by atoms with Crippen molar-refractivity contribution in [1.29, 1.82) is 0 Å². The molecule has 1 N–H and O–H groups in total. The van der Waals surface area contributed by atoms with E-state index in [9.17, 15) is 14.4 Å². The molecule has 3 rings (SSSR count). The number of anilines is 1. The molecule has 126 valence electrons. The molecule has 0 atom stereocenters. The Labute approximate surface area is 157 Å². The van der Waals surface area contributed by atoms with Gasteiger partial charge in [-0.15, -0.1) is 0 Å². The Bertz CT molecular complexity index is 893. The van der Waals surface area contributed by atoms with Crippen LogP contribution in [0.25, 0.3) is 6.08 Å². The van der Waals surface area contributed by atoms with Gasteiger partial charge >= 0.3 is 5.97 Å². The number of hydrogen-bond acceptors (Lipinski definition) is 4. The molecule has 0 radical (unpaired) electrons. The van der Waals surface area contributed by atoms with Gasteiger partial charge in [0.25, 0.3) is 11.8 Å². The van der Waals surface area contributed by atoms with Gasteiger partial charge in [0, 0.05) is 6.92 Å². The molecule has 25 heavy (non-hydrogen) atoms. The first kappa shape index (κ1) is 17.2. The van der Waals surface area contributed by atoms with Crippen LogP contribution in [0.2, 0.25) is 0 Å². The highest BCUT2D eigenvalue weighted by molar-refractivity contribution is 14.1. The number of halogens is 1. The summed E-state index contributed by atoms with van der Waals surface area (Å²) in [5, 5.41) is 1.21. The molecule has 0 saturated carbocycles. The molecule has 0 bridgehead atoms. The van der Waals surface area contributed by atoms with Gasteiger partial charge in [0.15, 0.2) is 0 Å². The molecule has 0 aromatic heterocycles. The number of nitrogens with zero attached hydrogens (tertiary/aromatic N) is 1. The molecule has 1 saturated heterocycles. The first-order valence-electron chi connectivity index (χ1n) is 7.36. The number of amides is 2. The van der Waals surface area contributed by atoms with Crippen molar-refractivity contribution in [3.63, 3.8) is 0 Å². The molecule has 0 unspecified atom stereocenters. The summed E-state index contributed by atoms with van der Waals surface area (Å²) in [4.78, 5) is 35.7. The van der Waals surface area contributed by atoms with Crippen LogP contribution in [-0.4, -0.2) is 17.8 Å². The zero-order valence-corrected chi connectivity index (χ0v) is 15.3. The Balaban J connectivity index is 1.88. The van der Waals surface area contributed by atoms with Crippen molar-refractivity contribution in [2.24, 2.45) is 0 Å². The van der Waals surface area contributed by atoms with Crippen LogP contribution in [0.15, 0.2) is 54.1 Å². The number of para-hydroxylation sites is 1. The van der Waals surface area contributed by atoms with Gasteiger partial charge in [0.1, 0.15) is 11.3 Å². The Kier molecular flexibility index (Phi) is 4.84. The third-order valence-electron chi connectivity index (χ3n) is 3.43. The van der Waals surface area contributed by atoms with Crippen LogP contribution < -0.4 is 15.2 Å². The van der Waals surface area contributed by atoms with Crippen molar-refractivity contribution in [2.45, 2.75) is 6.92 Å². The lowest BCUT2D eigenvalue weighted by molar-refractivity contribution is -0.132. The summed E-state index contributed by atoms with van der Waals surface area (Å²) >= 11 is 2.03. The molecule has 0 aliphatic carbocycles. The quantitative estimate of drug-likeness (QED) is 0.258. The second-order valence-electron chi connectivity index (χ2n) is 5.26. The molecule has 1 aliphatic heterocycles. The van der Waals surface area contributed by atoms with Gasteiger partial charge in [-0.25, -0.2) is 5.01 Å². The Morgan fingerprint density at radius 3 is 2.52 bits per heavy atom. The largest absolute Gasteiger partial charge is 0.426 e. The zero-order valence-electron chi connectivity index (χ0n) is 13.2. The minimum Gasteiger partial charge on any atom is -0.426 e.